The molecule has 0 bridgehead atoms. The van der Waals surface area contributed by atoms with Crippen LogP contribution in [-0.2, 0) is 0 Å². The molecule has 0 spiro atoms. The Bertz CT molecular complexity index is 1120. The topological polar surface area (TPSA) is 68.2 Å². The van der Waals surface area contributed by atoms with E-state index in [0.717, 1.165) is 9.56 Å². The van der Waals surface area contributed by atoms with Gasteiger partial charge in [0, 0.05) is 16.3 Å². The number of carbonyl (C=O) groups is 1. The Morgan fingerprint density at radius 2 is 2.13 bits per heavy atom. The summed E-state index contributed by atoms with van der Waals surface area (Å²) in [4.78, 5) is 13.6. The highest BCUT2D eigenvalue weighted by molar-refractivity contribution is 7.10. The van der Waals surface area contributed by atoms with Gasteiger partial charge < -0.3 is 15.4 Å². The molecule has 1 aromatic carbocycles. The van der Waals surface area contributed by atoms with E-state index in [1.165, 1.54) is 24.5 Å². The maximum Gasteiger partial charge on any atom is 0.410 e. The van der Waals surface area contributed by atoms with Crippen molar-refractivity contribution in [3.63, 3.8) is 0 Å². The molecule has 0 fully saturated rings. The van der Waals surface area contributed by atoms with E-state index in [0.29, 0.717) is 10.8 Å². The number of rotatable bonds is 4. The van der Waals surface area contributed by atoms with Crippen LogP contribution < -0.4 is 15.4 Å². The van der Waals surface area contributed by atoms with E-state index in [4.69, 9.17) is 27.9 Å². The average Bonchev–Trinajstić information content (AvgIpc) is 3.35. The van der Waals surface area contributed by atoms with Gasteiger partial charge in [-0.2, -0.15) is 18.3 Å². The minimum atomic E-state index is -4.58. The number of hydrogen-bond donors (Lipinski definition) is 2. The number of thiophene rings is 1. The van der Waals surface area contributed by atoms with Crippen LogP contribution in [0.3, 0.4) is 0 Å². The van der Waals surface area contributed by atoms with Crippen LogP contribution in [0.5, 0.6) is 5.75 Å². The zero-order valence-electron chi connectivity index (χ0n) is 15.8. The number of nitrogens with zero attached hydrogens (tertiary/aromatic N) is 2. The standard InChI is InChI=1S/C19H15Cl2F3N4O2S/c1-30-12-5-4-9(20)7-10(12)26-18(29)16-15(21)17-25-11(13-3-2-6-31-13)8-14(19(22,23)24)28(17)27-16/h2-7,11,14,25H,8H2,1H3,(H,26,29)/t11-,14+/m0/s1. The van der Waals surface area contributed by atoms with Gasteiger partial charge in [0.05, 0.1) is 18.8 Å². The van der Waals surface area contributed by atoms with Crippen LogP contribution in [0.15, 0.2) is 35.7 Å². The van der Waals surface area contributed by atoms with Crippen molar-refractivity contribution in [2.75, 3.05) is 17.7 Å². The van der Waals surface area contributed by atoms with Crippen molar-refractivity contribution in [2.24, 2.45) is 0 Å². The highest BCUT2D eigenvalue weighted by Crippen LogP contribution is 2.47. The molecule has 0 saturated heterocycles. The Kier molecular flexibility index (Phi) is 5.80. The molecular formula is C19H15Cl2F3N4O2S. The van der Waals surface area contributed by atoms with Gasteiger partial charge >= 0.3 is 6.18 Å². The van der Waals surface area contributed by atoms with Gasteiger partial charge in [-0.25, -0.2) is 4.68 Å². The first kappa shape index (κ1) is 21.8. The highest BCUT2D eigenvalue weighted by atomic mass is 35.5. The number of aromatic nitrogens is 2. The summed E-state index contributed by atoms with van der Waals surface area (Å²) in [7, 11) is 1.41. The van der Waals surface area contributed by atoms with Crippen LogP contribution in [0.4, 0.5) is 24.7 Å². The Morgan fingerprint density at radius 1 is 1.35 bits per heavy atom. The fourth-order valence-corrected chi connectivity index (χ4v) is 4.60. The lowest BCUT2D eigenvalue weighted by Gasteiger charge is -2.32. The number of ether oxygens (including phenoxy) is 1. The minimum absolute atomic E-state index is 0.0585. The molecule has 0 radical (unpaired) electrons. The third-order valence-electron chi connectivity index (χ3n) is 4.81. The molecule has 1 aliphatic rings. The third kappa shape index (κ3) is 4.19. The number of fused-ring (bicyclic) bond motifs is 1. The van der Waals surface area contributed by atoms with Crippen LogP contribution in [0.2, 0.25) is 10.0 Å². The molecule has 6 nitrogen and oxygen atoms in total. The van der Waals surface area contributed by atoms with Gasteiger partial charge in [-0.3, -0.25) is 4.79 Å². The van der Waals surface area contributed by atoms with E-state index in [1.54, 1.807) is 29.6 Å². The first-order valence-corrected chi connectivity index (χ1v) is 10.6. The van der Waals surface area contributed by atoms with E-state index in [1.807, 2.05) is 0 Å². The molecule has 0 saturated carbocycles. The summed E-state index contributed by atoms with van der Waals surface area (Å²) in [5, 5.41) is 11.4. The summed E-state index contributed by atoms with van der Waals surface area (Å²) in [5.41, 5.74) is -0.105. The summed E-state index contributed by atoms with van der Waals surface area (Å²) in [6.07, 6.45) is -4.86. The number of amides is 1. The predicted octanol–water partition coefficient (Wildman–Crippen LogP) is 6.17. The number of nitrogens with one attached hydrogen (secondary N) is 2. The van der Waals surface area contributed by atoms with Gasteiger partial charge in [0.2, 0.25) is 0 Å². The smallest absolute Gasteiger partial charge is 0.410 e. The van der Waals surface area contributed by atoms with Crippen molar-refractivity contribution >= 4 is 52.0 Å². The largest absolute Gasteiger partial charge is 0.495 e. The number of anilines is 2. The molecule has 3 heterocycles. The second-order valence-corrected chi connectivity index (χ2v) is 8.55. The zero-order valence-corrected chi connectivity index (χ0v) is 18.2. The lowest BCUT2D eigenvalue weighted by atomic mass is 10.0. The Labute approximate surface area is 188 Å². The highest BCUT2D eigenvalue weighted by Gasteiger charge is 2.48. The normalized spacial score (nSPS) is 18.3. The van der Waals surface area contributed by atoms with Crippen molar-refractivity contribution in [3.8, 4) is 5.75 Å². The van der Waals surface area contributed by atoms with Crippen molar-refractivity contribution in [3.05, 3.63) is 56.3 Å². The minimum Gasteiger partial charge on any atom is -0.495 e. The fourth-order valence-electron chi connectivity index (χ4n) is 3.37. The molecule has 31 heavy (non-hydrogen) atoms. The van der Waals surface area contributed by atoms with Gasteiger partial charge in [-0.15, -0.1) is 11.3 Å². The summed E-state index contributed by atoms with van der Waals surface area (Å²) < 4.78 is 47.3. The number of alkyl halides is 3. The second kappa shape index (κ2) is 8.25. The van der Waals surface area contributed by atoms with E-state index in [2.05, 4.69) is 15.7 Å². The van der Waals surface area contributed by atoms with Crippen molar-refractivity contribution < 1.29 is 22.7 Å². The molecular weight excluding hydrogens is 476 g/mol. The number of carbonyl (C=O) groups excluding carboxylic acids is 1. The monoisotopic (exact) mass is 490 g/mol. The molecule has 1 aliphatic heterocycles. The van der Waals surface area contributed by atoms with E-state index >= 15 is 0 Å². The van der Waals surface area contributed by atoms with Crippen LogP contribution >= 0.6 is 34.5 Å². The Morgan fingerprint density at radius 3 is 2.77 bits per heavy atom. The first-order valence-electron chi connectivity index (χ1n) is 8.98. The Hall–Kier alpha value is -2.43. The first-order chi connectivity index (χ1) is 14.7. The van der Waals surface area contributed by atoms with Crippen LogP contribution in [-0.4, -0.2) is 29.0 Å². The Balaban J connectivity index is 1.71. The maximum atomic E-state index is 13.8. The molecule has 164 valence electrons. The summed E-state index contributed by atoms with van der Waals surface area (Å²) >= 11 is 13.6. The average molecular weight is 491 g/mol. The van der Waals surface area contributed by atoms with E-state index in [9.17, 15) is 18.0 Å². The lowest BCUT2D eigenvalue weighted by Crippen LogP contribution is -2.35. The number of benzene rings is 1. The molecule has 2 aromatic heterocycles. The zero-order chi connectivity index (χ0) is 22.3. The molecule has 0 unspecified atom stereocenters. The van der Waals surface area contributed by atoms with Crippen molar-refractivity contribution in [2.45, 2.75) is 24.7 Å². The van der Waals surface area contributed by atoms with E-state index < -0.39 is 24.2 Å². The predicted molar refractivity (Wildman–Crippen MR) is 114 cm³/mol. The quantitative estimate of drug-likeness (QED) is 0.458. The SMILES string of the molecule is COc1ccc(Cl)cc1NC(=O)c1nn2c(c1Cl)N[C@H](c1cccs1)C[C@@H]2C(F)(F)F. The lowest BCUT2D eigenvalue weighted by molar-refractivity contribution is -0.173. The van der Waals surface area contributed by atoms with Gasteiger partial charge in [-0.1, -0.05) is 29.3 Å². The molecule has 2 N–H and O–H groups in total. The molecule has 0 aliphatic carbocycles. The van der Waals surface area contributed by atoms with Gasteiger partial charge in [-0.05, 0) is 29.6 Å². The third-order valence-corrected chi connectivity index (χ3v) is 6.39. The number of methoxy groups -OCH3 is 1. The van der Waals surface area contributed by atoms with Crippen LogP contribution in [0.1, 0.15) is 33.9 Å². The number of halogens is 5. The second-order valence-electron chi connectivity index (χ2n) is 6.76. The van der Waals surface area contributed by atoms with Crippen molar-refractivity contribution in [1.82, 2.24) is 9.78 Å². The summed E-state index contributed by atoms with van der Waals surface area (Å²) in [6, 6.07) is 5.52. The fraction of sp³-hybridized carbons (Fsp3) is 0.263. The molecule has 3 aromatic rings. The van der Waals surface area contributed by atoms with Crippen LogP contribution in [0, 0.1) is 0 Å². The van der Waals surface area contributed by atoms with Crippen LogP contribution in [0.25, 0.3) is 0 Å². The molecule has 4 rings (SSSR count). The molecule has 12 heteroatoms. The van der Waals surface area contributed by atoms with E-state index in [-0.39, 0.29) is 28.6 Å². The van der Waals surface area contributed by atoms with Crippen molar-refractivity contribution in [1.29, 1.82) is 0 Å². The van der Waals surface area contributed by atoms with Gasteiger partial charge in [0.15, 0.2) is 11.7 Å². The maximum absolute atomic E-state index is 13.8. The summed E-state index contributed by atoms with van der Waals surface area (Å²) in [6.45, 7) is 0. The van der Waals surface area contributed by atoms with Gasteiger partial charge in [0.1, 0.15) is 16.6 Å². The van der Waals surface area contributed by atoms with Gasteiger partial charge in [0.25, 0.3) is 5.91 Å². The number of hydrogen-bond acceptors (Lipinski definition) is 5. The molecule has 1 amide bonds. The molecule has 2 atom stereocenters. The summed E-state index contributed by atoms with van der Waals surface area (Å²) in [5.74, 6) is -0.526.